The van der Waals surface area contributed by atoms with E-state index in [1.54, 1.807) is 24.3 Å². The number of hydrogen-bond acceptors (Lipinski definition) is 9. The van der Waals surface area contributed by atoms with Gasteiger partial charge < -0.3 is 35.2 Å². The Morgan fingerprint density at radius 1 is 0.729 bits per heavy atom. The number of aryl methyl sites for hydroxylation is 1. The van der Waals surface area contributed by atoms with E-state index >= 15 is 0 Å². The Labute approximate surface area is 342 Å². The van der Waals surface area contributed by atoms with Crippen molar-refractivity contribution in [2.45, 2.75) is 69.7 Å². The highest BCUT2D eigenvalue weighted by Crippen LogP contribution is 2.25. The largest absolute Gasteiger partial charge is 0.445 e. The lowest BCUT2D eigenvalue weighted by atomic mass is 9.99. The zero-order valence-electron chi connectivity index (χ0n) is 32.6. The van der Waals surface area contributed by atoms with Crippen molar-refractivity contribution in [3.05, 3.63) is 173 Å². The molecule has 1 aliphatic heterocycles. The minimum absolute atomic E-state index is 0.0140. The molecule has 0 aliphatic carbocycles. The van der Waals surface area contributed by atoms with E-state index in [4.69, 9.17) is 19.6 Å². The number of ketones is 1. The molecule has 1 aliphatic rings. The summed E-state index contributed by atoms with van der Waals surface area (Å²) in [5, 5.41) is 5.75. The van der Waals surface area contributed by atoms with Crippen molar-refractivity contribution in [3.8, 4) is 0 Å². The summed E-state index contributed by atoms with van der Waals surface area (Å²) in [6.07, 6.45) is -0.318. The number of benzene rings is 5. The van der Waals surface area contributed by atoms with Gasteiger partial charge >= 0.3 is 6.09 Å². The lowest BCUT2D eigenvalue weighted by Crippen LogP contribution is -2.55. The maximum atomic E-state index is 14.7. The minimum Gasteiger partial charge on any atom is -0.445 e. The van der Waals surface area contributed by atoms with E-state index in [9.17, 15) is 19.2 Å². The number of oxazole rings is 1. The van der Waals surface area contributed by atoms with Crippen LogP contribution in [0.3, 0.4) is 0 Å². The third-order valence-corrected chi connectivity index (χ3v) is 10.3. The molecule has 1 aromatic heterocycles. The predicted octanol–water partition coefficient (Wildman–Crippen LogP) is 6.31. The Morgan fingerprint density at radius 2 is 1.36 bits per heavy atom. The maximum absolute atomic E-state index is 14.7. The van der Waals surface area contributed by atoms with Gasteiger partial charge in [-0.1, -0.05) is 127 Å². The molecule has 4 N–H and O–H groups in total. The first-order valence-corrected chi connectivity index (χ1v) is 19.8. The predicted molar refractivity (Wildman–Crippen MR) is 222 cm³/mol. The molecule has 0 radical (unpaired) electrons. The van der Waals surface area contributed by atoms with Gasteiger partial charge in [0.1, 0.15) is 30.2 Å². The molecule has 5 aromatic carbocycles. The highest BCUT2D eigenvalue weighted by molar-refractivity contribution is 6.01. The first kappa shape index (κ1) is 40.6. The van der Waals surface area contributed by atoms with Crippen LogP contribution in [-0.2, 0) is 51.7 Å². The number of nitrogens with zero attached hydrogens (tertiary/aromatic N) is 2. The molecule has 7 rings (SSSR count). The number of amides is 3. The zero-order chi connectivity index (χ0) is 41.0. The van der Waals surface area contributed by atoms with Crippen LogP contribution < -0.4 is 16.4 Å². The number of carbonyl (C=O) groups is 4. The number of hydrogen-bond donors (Lipinski definition) is 3. The van der Waals surface area contributed by atoms with E-state index in [0.717, 1.165) is 27.8 Å². The summed E-state index contributed by atoms with van der Waals surface area (Å²) in [5.74, 6) is -1.69. The van der Waals surface area contributed by atoms with Gasteiger partial charge in [0.2, 0.25) is 17.6 Å². The Kier molecular flexibility index (Phi) is 13.5. The molecule has 1 fully saturated rings. The van der Waals surface area contributed by atoms with E-state index in [0.29, 0.717) is 24.1 Å². The van der Waals surface area contributed by atoms with Crippen molar-refractivity contribution in [2.24, 2.45) is 5.73 Å². The molecule has 12 heteroatoms. The first-order chi connectivity index (χ1) is 28.8. The maximum Gasteiger partial charge on any atom is 0.408 e. The monoisotopic (exact) mass is 793 g/mol. The number of Topliss-reactive ketones (excluding diaryl/α,β-unsaturated/α-hetero) is 1. The van der Waals surface area contributed by atoms with Gasteiger partial charge in [-0.05, 0) is 52.8 Å². The van der Waals surface area contributed by atoms with Crippen molar-refractivity contribution in [2.75, 3.05) is 6.54 Å². The second-order valence-corrected chi connectivity index (χ2v) is 14.6. The number of nitrogens with one attached hydrogen (secondary N) is 2. The van der Waals surface area contributed by atoms with Crippen molar-refractivity contribution >= 4 is 34.8 Å². The van der Waals surface area contributed by atoms with Gasteiger partial charge in [0, 0.05) is 25.9 Å². The van der Waals surface area contributed by atoms with Crippen LogP contribution in [0, 0.1) is 0 Å². The molecule has 59 heavy (non-hydrogen) atoms. The molecular weight excluding hydrogens is 747 g/mol. The molecule has 2 heterocycles. The summed E-state index contributed by atoms with van der Waals surface area (Å²) >= 11 is 0. The van der Waals surface area contributed by atoms with Crippen LogP contribution >= 0.6 is 0 Å². The van der Waals surface area contributed by atoms with Gasteiger partial charge in [0.25, 0.3) is 5.89 Å². The lowest BCUT2D eigenvalue weighted by Gasteiger charge is -2.29. The number of alkyl carbamates (subject to hydrolysis) is 1. The van der Waals surface area contributed by atoms with Crippen molar-refractivity contribution < 1.29 is 33.1 Å². The summed E-state index contributed by atoms with van der Waals surface area (Å²) in [6, 6.07) is 39.8. The first-order valence-electron chi connectivity index (χ1n) is 19.8. The zero-order valence-corrected chi connectivity index (χ0v) is 32.6. The van der Waals surface area contributed by atoms with E-state index in [2.05, 4.69) is 15.6 Å². The normalized spacial score (nSPS) is 16.0. The third kappa shape index (κ3) is 10.9. The van der Waals surface area contributed by atoms with E-state index in [-0.39, 0.29) is 44.9 Å². The summed E-state index contributed by atoms with van der Waals surface area (Å²) in [6.45, 7) is 0.654. The van der Waals surface area contributed by atoms with E-state index in [1.165, 1.54) is 4.90 Å². The lowest BCUT2D eigenvalue weighted by molar-refractivity contribution is -0.140. The number of likely N-dealkylation sites (tertiary alicyclic amines) is 1. The van der Waals surface area contributed by atoms with Crippen molar-refractivity contribution in [1.29, 1.82) is 0 Å². The van der Waals surface area contributed by atoms with Crippen molar-refractivity contribution in [1.82, 2.24) is 20.5 Å². The molecule has 0 saturated carbocycles. The average Bonchev–Trinajstić information content (AvgIpc) is 3.92. The number of aromatic nitrogens is 1. The Hall–Kier alpha value is -6.63. The number of carbonyl (C=O) groups excluding carboxylic acids is 4. The summed E-state index contributed by atoms with van der Waals surface area (Å²) in [7, 11) is 0. The van der Waals surface area contributed by atoms with Gasteiger partial charge in [-0.2, -0.15) is 0 Å². The summed E-state index contributed by atoms with van der Waals surface area (Å²) in [5.41, 5.74) is 11.2. The molecule has 1 saturated heterocycles. The highest BCUT2D eigenvalue weighted by Gasteiger charge is 2.44. The summed E-state index contributed by atoms with van der Waals surface area (Å²) in [4.78, 5) is 62.7. The van der Waals surface area contributed by atoms with E-state index in [1.807, 2.05) is 115 Å². The Bertz CT molecular complexity index is 2300. The van der Waals surface area contributed by atoms with Crippen LogP contribution in [0.1, 0.15) is 51.3 Å². The van der Waals surface area contributed by atoms with Crippen LogP contribution in [0.4, 0.5) is 4.79 Å². The number of para-hydroxylation sites is 2. The Morgan fingerprint density at radius 3 is 2.05 bits per heavy atom. The van der Waals surface area contributed by atoms with Gasteiger partial charge in [-0.25, -0.2) is 9.78 Å². The molecule has 0 unspecified atom stereocenters. The molecule has 6 aromatic rings. The fraction of sp³-hybridized carbons (Fsp3) is 0.255. The standard InChI is InChI=1S/C47H47N5O7/c48-28-36-20-12-19-35(25-36)26-40(43(53)45-50-38-21-10-11-22-42(38)59-45)49-44(54)41-27-37(57-30-33-15-6-2-7-16-33)29-52(41)46(55)39(24-23-32-13-4-1-5-14-32)51-47(56)58-31-34-17-8-3-9-18-34/h1-22,25,37,39-41H,23-24,26-31,48H2,(H,49,54)(H,51,56)/t37-,39-,40+,41+/m1/s1. The quantitative estimate of drug-likeness (QED) is 0.0898. The smallest absolute Gasteiger partial charge is 0.408 e. The van der Waals surface area contributed by atoms with Gasteiger partial charge in [0.05, 0.1) is 12.7 Å². The van der Waals surface area contributed by atoms with Crippen LogP contribution in [0.25, 0.3) is 11.1 Å². The number of nitrogens with two attached hydrogens (primary N) is 1. The molecule has 302 valence electrons. The van der Waals surface area contributed by atoms with E-state index < -0.39 is 47.9 Å². The molecule has 12 nitrogen and oxygen atoms in total. The fourth-order valence-corrected chi connectivity index (χ4v) is 7.24. The van der Waals surface area contributed by atoms with Crippen molar-refractivity contribution in [3.63, 3.8) is 0 Å². The number of ether oxygens (including phenoxy) is 2. The number of rotatable bonds is 17. The molecular formula is C47H47N5O7. The molecule has 0 spiro atoms. The van der Waals surface area contributed by atoms with Gasteiger partial charge in [0.15, 0.2) is 5.58 Å². The second kappa shape index (κ2) is 19.7. The van der Waals surface area contributed by atoms with Crippen LogP contribution in [0.15, 0.2) is 144 Å². The third-order valence-electron chi connectivity index (χ3n) is 10.3. The highest BCUT2D eigenvalue weighted by atomic mass is 16.5. The minimum atomic E-state index is -1.11. The number of fused-ring (bicyclic) bond motifs is 1. The summed E-state index contributed by atoms with van der Waals surface area (Å²) < 4.78 is 17.7. The molecule has 0 bridgehead atoms. The molecule has 4 atom stereocenters. The topological polar surface area (TPSA) is 166 Å². The van der Waals surface area contributed by atoms with Crippen LogP contribution in [0.5, 0.6) is 0 Å². The fourth-order valence-electron chi connectivity index (χ4n) is 7.24. The SMILES string of the molecule is NCc1cccc(C[C@H](NC(=O)[C@@H]2C[C@@H](OCc3ccccc3)CN2C(=O)[C@@H](CCc2ccccc2)NC(=O)OCc2ccccc2)C(=O)c2nc3ccccc3o2)c1. The van der Waals surface area contributed by atoms with Gasteiger partial charge in [-0.15, -0.1) is 0 Å². The molecule has 3 amide bonds. The van der Waals surface area contributed by atoms with Crippen LogP contribution in [-0.4, -0.2) is 64.3 Å². The average molecular weight is 794 g/mol. The Balaban J connectivity index is 1.15. The van der Waals surface area contributed by atoms with Crippen LogP contribution in [0.2, 0.25) is 0 Å². The second-order valence-electron chi connectivity index (χ2n) is 14.6. The van der Waals surface area contributed by atoms with Gasteiger partial charge in [-0.3, -0.25) is 14.4 Å².